The van der Waals surface area contributed by atoms with Gasteiger partial charge in [0.25, 0.3) is 0 Å². The molecule has 0 aliphatic rings. The van der Waals surface area contributed by atoms with Crippen LogP contribution in [0.3, 0.4) is 0 Å². The van der Waals surface area contributed by atoms with Crippen LogP contribution in [-0.2, 0) is 14.4 Å². The van der Waals surface area contributed by atoms with Crippen molar-refractivity contribution in [3.8, 4) is 5.75 Å². The molecule has 1 rings (SSSR count). The second-order valence-electron chi connectivity index (χ2n) is 6.47. The monoisotopic (exact) mass is 363 g/mol. The fourth-order valence-corrected chi connectivity index (χ4v) is 2.33. The first kappa shape index (κ1) is 21.5. The van der Waals surface area contributed by atoms with E-state index < -0.39 is 0 Å². The predicted octanol–water partition coefficient (Wildman–Crippen LogP) is 2.03. The first-order chi connectivity index (χ1) is 12.3. The Morgan fingerprint density at radius 3 is 2.31 bits per heavy atom. The predicted molar refractivity (Wildman–Crippen MR) is 101 cm³/mol. The molecule has 0 bridgehead atoms. The van der Waals surface area contributed by atoms with Crippen LogP contribution in [0.2, 0.25) is 0 Å². The van der Waals surface area contributed by atoms with E-state index in [0.29, 0.717) is 24.4 Å². The highest BCUT2D eigenvalue weighted by Gasteiger charge is 2.17. The molecular formula is C19H29N3O4. The molecule has 1 aromatic rings. The molecule has 3 amide bonds. The summed E-state index contributed by atoms with van der Waals surface area (Å²) in [5, 5.41) is 5.24. The molecule has 0 aliphatic carbocycles. The zero-order chi connectivity index (χ0) is 19.5. The topological polar surface area (TPSA) is 87.7 Å². The van der Waals surface area contributed by atoms with Crippen molar-refractivity contribution in [2.75, 3.05) is 32.1 Å². The zero-order valence-corrected chi connectivity index (χ0v) is 16.0. The van der Waals surface area contributed by atoms with Crippen LogP contribution in [0.15, 0.2) is 24.3 Å². The van der Waals surface area contributed by atoms with Gasteiger partial charge in [0.15, 0.2) is 0 Å². The van der Waals surface area contributed by atoms with Gasteiger partial charge in [-0.1, -0.05) is 20.8 Å². The summed E-state index contributed by atoms with van der Waals surface area (Å²) < 4.78 is 5.05. The Kier molecular flexibility index (Phi) is 9.19. The van der Waals surface area contributed by atoms with E-state index in [1.54, 1.807) is 31.4 Å². The van der Waals surface area contributed by atoms with Crippen LogP contribution in [0.1, 0.15) is 33.6 Å². The highest BCUT2D eigenvalue weighted by molar-refractivity contribution is 5.95. The summed E-state index contributed by atoms with van der Waals surface area (Å²) in [5.74, 6) is 0.206. The minimum atomic E-state index is -0.347. The first-order valence-electron chi connectivity index (χ1n) is 8.84. The summed E-state index contributed by atoms with van der Waals surface area (Å²) in [7, 11) is 1.57. The molecule has 7 heteroatoms. The average molecular weight is 363 g/mol. The minimum absolute atomic E-state index is 0.0325. The molecule has 0 atom stereocenters. The molecule has 0 unspecified atom stereocenters. The summed E-state index contributed by atoms with van der Waals surface area (Å²) in [6.07, 6.45) is 1.18. The number of ether oxygens (including phenoxy) is 1. The van der Waals surface area contributed by atoms with Crippen LogP contribution >= 0.6 is 0 Å². The molecule has 0 radical (unpaired) electrons. The third kappa shape index (κ3) is 8.00. The number of carbonyl (C=O) groups is 3. The lowest BCUT2D eigenvalue weighted by Crippen LogP contribution is -2.43. The highest BCUT2D eigenvalue weighted by Crippen LogP contribution is 2.14. The van der Waals surface area contributed by atoms with Crippen LogP contribution in [0.5, 0.6) is 5.75 Å². The van der Waals surface area contributed by atoms with Crippen molar-refractivity contribution < 1.29 is 19.1 Å². The van der Waals surface area contributed by atoms with Gasteiger partial charge in [-0.05, 0) is 36.6 Å². The number of amides is 3. The Morgan fingerprint density at radius 1 is 1.12 bits per heavy atom. The SMILES string of the molecule is CCCN(CC(=O)NCC(=O)Nc1ccc(OC)cc1)C(=O)CC(C)C. The van der Waals surface area contributed by atoms with Crippen LogP contribution in [0, 0.1) is 5.92 Å². The molecule has 0 heterocycles. The van der Waals surface area contributed by atoms with Gasteiger partial charge in [0.1, 0.15) is 5.75 Å². The quantitative estimate of drug-likeness (QED) is 0.666. The van der Waals surface area contributed by atoms with Crippen LogP contribution < -0.4 is 15.4 Å². The van der Waals surface area contributed by atoms with Gasteiger partial charge in [0.05, 0.1) is 20.2 Å². The summed E-state index contributed by atoms with van der Waals surface area (Å²) in [5.41, 5.74) is 0.616. The molecule has 2 N–H and O–H groups in total. The second-order valence-corrected chi connectivity index (χ2v) is 6.47. The fraction of sp³-hybridized carbons (Fsp3) is 0.526. The van der Waals surface area contributed by atoms with Crippen LogP contribution in [0.25, 0.3) is 0 Å². The van der Waals surface area contributed by atoms with Gasteiger partial charge in [-0.3, -0.25) is 14.4 Å². The molecule has 0 spiro atoms. The third-order valence-electron chi connectivity index (χ3n) is 3.58. The number of anilines is 1. The number of carbonyl (C=O) groups excluding carboxylic acids is 3. The van der Waals surface area contributed by atoms with Gasteiger partial charge < -0.3 is 20.3 Å². The largest absolute Gasteiger partial charge is 0.497 e. The summed E-state index contributed by atoms with van der Waals surface area (Å²) in [6, 6.07) is 6.90. The molecular weight excluding hydrogens is 334 g/mol. The Balaban J connectivity index is 2.44. The Labute approximate surface area is 155 Å². The third-order valence-corrected chi connectivity index (χ3v) is 3.58. The number of hydrogen-bond acceptors (Lipinski definition) is 4. The molecule has 1 aromatic carbocycles. The number of benzene rings is 1. The maximum absolute atomic E-state index is 12.2. The van der Waals surface area contributed by atoms with E-state index in [-0.39, 0.29) is 36.7 Å². The van der Waals surface area contributed by atoms with Crippen LogP contribution in [0.4, 0.5) is 5.69 Å². The average Bonchev–Trinajstić information content (AvgIpc) is 2.59. The van der Waals surface area contributed by atoms with Crippen molar-refractivity contribution in [3.63, 3.8) is 0 Å². The summed E-state index contributed by atoms with van der Waals surface area (Å²) in [6.45, 7) is 6.22. The van der Waals surface area contributed by atoms with Gasteiger partial charge in [0, 0.05) is 18.7 Å². The van der Waals surface area contributed by atoms with Gasteiger partial charge in [-0.25, -0.2) is 0 Å². The number of methoxy groups -OCH3 is 1. The molecule has 144 valence electrons. The maximum Gasteiger partial charge on any atom is 0.243 e. The van der Waals surface area contributed by atoms with Gasteiger partial charge in [-0.15, -0.1) is 0 Å². The zero-order valence-electron chi connectivity index (χ0n) is 16.0. The standard InChI is InChI=1S/C19H29N3O4/c1-5-10-22(19(25)11-14(2)3)13-18(24)20-12-17(23)21-15-6-8-16(26-4)9-7-15/h6-9,14H,5,10-13H2,1-4H3,(H,20,24)(H,21,23). The van der Waals surface area contributed by atoms with Gasteiger partial charge in [0.2, 0.25) is 17.7 Å². The van der Waals surface area contributed by atoms with E-state index in [1.807, 2.05) is 20.8 Å². The molecule has 0 aliphatic heterocycles. The van der Waals surface area contributed by atoms with Crippen molar-refractivity contribution in [1.82, 2.24) is 10.2 Å². The maximum atomic E-state index is 12.2. The van der Waals surface area contributed by atoms with Crippen LogP contribution in [-0.4, -0.2) is 49.4 Å². The van der Waals surface area contributed by atoms with E-state index in [1.165, 1.54) is 4.90 Å². The van der Waals surface area contributed by atoms with E-state index in [4.69, 9.17) is 4.74 Å². The lowest BCUT2D eigenvalue weighted by Gasteiger charge is -2.22. The van der Waals surface area contributed by atoms with Crippen molar-refractivity contribution in [3.05, 3.63) is 24.3 Å². The molecule has 26 heavy (non-hydrogen) atoms. The lowest BCUT2D eigenvalue weighted by molar-refractivity contribution is -0.136. The second kappa shape index (κ2) is 11.1. The smallest absolute Gasteiger partial charge is 0.243 e. The Hall–Kier alpha value is -2.57. The molecule has 7 nitrogen and oxygen atoms in total. The lowest BCUT2D eigenvalue weighted by atomic mass is 10.1. The van der Waals surface area contributed by atoms with Gasteiger partial charge >= 0.3 is 0 Å². The first-order valence-corrected chi connectivity index (χ1v) is 8.84. The number of hydrogen-bond donors (Lipinski definition) is 2. The molecule has 0 aromatic heterocycles. The Bertz CT molecular complexity index is 599. The molecule has 0 fully saturated rings. The minimum Gasteiger partial charge on any atom is -0.497 e. The highest BCUT2D eigenvalue weighted by atomic mass is 16.5. The number of rotatable bonds is 10. The molecule has 0 saturated carbocycles. The van der Waals surface area contributed by atoms with E-state index in [2.05, 4.69) is 10.6 Å². The van der Waals surface area contributed by atoms with Crippen molar-refractivity contribution in [2.24, 2.45) is 5.92 Å². The summed E-state index contributed by atoms with van der Waals surface area (Å²) >= 11 is 0. The normalized spacial score (nSPS) is 10.3. The fourth-order valence-electron chi connectivity index (χ4n) is 2.33. The number of nitrogens with one attached hydrogen (secondary N) is 2. The van der Waals surface area contributed by atoms with Crippen molar-refractivity contribution in [2.45, 2.75) is 33.6 Å². The molecule has 0 saturated heterocycles. The Morgan fingerprint density at radius 2 is 1.77 bits per heavy atom. The van der Waals surface area contributed by atoms with Crippen molar-refractivity contribution >= 4 is 23.4 Å². The van der Waals surface area contributed by atoms with E-state index in [9.17, 15) is 14.4 Å². The van der Waals surface area contributed by atoms with E-state index in [0.717, 1.165) is 6.42 Å². The van der Waals surface area contributed by atoms with Gasteiger partial charge in [-0.2, -0.15) is 0 Å². The van der Waals surface area contributed by atoms with E-state index >= 15 is 0 Å². The summed E-state index contributed by atoms with van der Waals surface area (Å²) in [4.78, 5) is 37.7. The van der Waals surface area contributed by atoms with Crippen molar-refractivity contribution in [1.29, 1.82) is 0 Å². The number of nitrogens with zero attached hydrogens (tertiary/aromatic N) is 1.